The molecule has 0 bridgehead atoms. The molecule has 3 aromatic rings. The number of nitrogens with zero attached hydrogens (tertiary/aromatic N) is 3. The lowest BCUT2D eigenvalue weighted by atomic mass is 10.3. The number of thiazole rings is 1. The van der Waals surface area contributed by atoms with Crippen LogP contribution in [0.1, 0.15) is 26.1 Å². The summed E-state index contributed by atoms with van der Waals surface area (Å²) >= 11 is 1.66. The summed E-state index contributed by atoms with van der Waals surface area (Å²) in [6.07, 6.45) is 0. The predicted octanol–water partition coefficient (Wildman–Crippen LogP) is 3.41. The lowest BCUT2D eigenvalue weighted by Crippen LogP contribution is -2.14. The topological polar surface area (TPSA) is 79.8 Å². The quantitative estimate of drug-likeness (QED) is 0.744. The van der Waals surface area contributed by atoms with E-state index in [1.54, 1.807) is 23.5 Å². The van der Waals surface area contributed by atoms with E-state index in [9.17, 15) is 4.79 Å². The number of carbonyl (C=O) groups excluding carboxylic acids is 1. The number of benzene rings is 1. The van der Waals surface area contributed by atoms with Crippen LogP contribution in [0, 0.1) is 13.8 Å². The van der Waals surface area contributed by atoms with Crippen LogP contribution in [0.25, 0.3) is 0 Å². The number of amides is 1. The van der Waals surface area contributed by atoms with Crippen molar-refractivity contribution < 1.29 is 4.79 Å². The fourth-order valence-corrected chi connectivity index (χ4v) is 2.92. The van der Waals surface area contributed by atoms with Crippen molar-refractivity contribution in [3.63, 3.8) is 0 Å². The molecule has 0 aliphatic heterocycles. The van der Waals surface area contributed by atoms with E-state index in [1.165, 1.54) is 4.88 Å². The largest absolute Gasteiger partial charge is 0.362 e. The standard InChI is InChI=1S/C17H17N5OS/c1-11-12(2)24-16(19-11)10-18-15-9-8-14(21-22-15)17(23)20-13-6-4-3-5-7-13/h3-9H,10H2,1-2H3,(H,18,22)(H,20,23). The molecule has 0 aliphatic rings. The van der Waals surface area contributed by atoms with Gasteiger partial charge in [-0.25, -0.2) is 4.98 Å². The van der Waals surface area contributed by atoms with Crippen molar-refractivity contribution in [2.24, 2.45) is 0 Å². The van der Waals surface area contributed by atoms with E-state index >= 15 is 0 Å². The first kappa shape index (κ1) is 16.1. The summed E-state index contributed by atoms with van der Waals surface area (Å²) in [6, 6.07) is 12.6. The van der Waals surface area contributed by atoms with Crippen molar-refractivity contribution in [3.05, 3.63) is 63.7 Å². The highest BCUT2D eigenvalue weighted by Crippen LogP contribution is 2.17. The minimum absolute atomic E-state index is 0.269. The average molecular weight is 339 g/mol. The van der Waals surface area contributed by atoms with E-state index < -0.39 is 0 Å². The number of rotatable bonds is 5. The van der Waals surface area contributed by atoms with E-state index in [4.69, 9.17) is 0 Å². The summed E-state index contributed by atoms with van der Waals surface area (Å²) in [6.45, 7) is 4.63. The minimum atomic E-state index is -0.286. The number of aromatic nitrogens is 3. The second-order valence-corrected chi connectivity index (χ2v) is 6.51. The molecule has 6 nitrogen and oxygen atoms in total. The van der Waals surface area contributed by atoms with Crippen LogP contribution < -0.4 is 10.6 Å². The molecule has 1 amide bonds. The molecule has 2 aromatic heterocycles. The smallest absolute Gasteiger partial charge is 0.276 e. The Morgan fingerprint density at radius 1 is 1.08 bits per heavy atom. The molecule has 24 heavy (non-hydrogen) atoms. The minimum Gasteiger partial charge on any atom is -0.362 e. The highest BCUT2D eigenvalue weighted by molar-refractivity contribution is 7.11. The maximum absolute atomic E-state index is 12.1. The van der Waals surface area contributed by atoms with Crippen molar-refractivity contribution in [3.8, 4) is 0 Å². The Hall–Kier alpha value is -2.80. The maximum Gasteiger partial charge on any atom is 0.276 e. The van der Waals surface area contributed by atoms with Crippen LogP contribution in [0.5, 0.6) is 0 Å². The first-order valence-electron chi connectivity index (χ1n) is 7.49. The van der Waals surface area contributed by atoms with Crippen LogP contribution in [0.15, 0.2) is 42.5 Å². The van der Waals surface area contributed by atoms with Crippen LogP contribution in [-0.4, -0.2) is 21.1 Å². The third kappa shape index (κ3) is 3.94. The average Bonchev–Trinajstić information content (AvgIpc) is 2.92. The van der Waals surface area contributed by atoms with Crippen molar-refractivity contribution in [1.29, 1.82) is 0 Å². The summed E-state index contributed by atoms with van der Waals surface area (Å²) in [5, 5.41) is 14.9. The van der Waals surface area contributed by atoms with Gasteiger partial charge in [0, 0.05) is 10.6 Å². The number of hydrogen-bond acceptors (Lipinski definition) is 6. The van der Waals surface area contributed by atoms with Crippen molar-refractivity contribution in [1.82, 2.24) is 15.2 Å². The van der Waals surface area contributed by atoms with Gasteiger partial charge in [-0.05, 0) is 38.1 Å². The molecule has 0 atom stereocenters. The Morgan fingerprint density at radius 2 is 1.88 bits per heavy atom. The molecule has 0 radical (unpaired) electrons. The third-order valence-electron chi connectivity index (χ3n) is 3.42. The molecular formula is C17H17N5OS. The van der Waals surface area contributed by atoms with Gasteiger partial charge in [-0.15, -0.1) is 21.5 Å². The molecule has 0 saturated carbocycles. The van der Waals surface area contributed by atoms with Gasteiger partial charge in [0.2, 0.25) is 0 Å². The summed E-state index contributed by atoms with van der Waals surface area (Å²) < 4.78 is 0. The number of anilines is 2. The van der Waals surface area contributed by atoms with Gasteiger partial charge in [-0.1, -0.05) is 18.2 Å². The molecule has 2 heterocycles. The van der Waals surface area contributed by atoms with Gasteiger partial charge in [0.05, 0.1) is 12.2 Å². The lowest BCUT2D eigenvalue weighted by molar-refractivity contribution is 0.102. The van der Waals surface area contributed by atoms with E-state index in [1.807, 2.05) is 37.3 Å². The Bertz CT molecular complexity index is 810. The van der Waals surface area contributed by atoms with E-state index in [-0.39, 0.29) is 11.6 Å². The van der Waals surface area contributed by atoms with Crippen LogP contribution in [-0.2, 0) is 6.54 Å². The summed E-state index contributed by atoms with van der Waals surface area (Å²) in [5.41, 5.74) is 2.04. The van der Waals surface area contributed by atoms with Gasteiger partial charge in [0.1, 0.15) is 10.8 Å². The van der Waals surface area contributed by atoms with Gasteiger partial charge >= 0.3 is 0 Å². The molecular weight excluding hydrogens is 322 g/mol. The molecule has 0 fully saturated rings. The van der Waals surface area contributed by atoms with E-state index in [0.29, 0.717) is 12.4 Å². The van der Waals surface area contributed by atoms with Crippen molar-refractivity contribution in [2.75, 3.05) is 10.6 Å². The van der Waals surface area contributed by atoms with E-state index in [0.717, 1.165) is 16.4 Å². The maximum atomic E-state index is 12.1. The van der Waals surface area contributed by atoms with Gasteiger partial charge < -0.3 is 10.6 Å². The zero-order chi connectivity index (χ0) is 16.9. The number of carbonyl (C=O) groups is 1. The number of aryl methyl sites for hydroxylation is 2. The Morgan fingerprint density at radius 3 is 2.50 bits per heavy atom. The first-order valence-corrected chi connectivity index (χ1v) is 8.30. The molecule has 0 saturated heterocycles. The summed E-state index contributed by atoms with van der Waals surface area (Å²) in [7, 11) is 0. The molecule has 7 heteroatoms. The fourth-order valence-electron chi connectivity index (χ4n) is 2.05. The lowest BCUT2D eigenvalue weighted by Gasteiger charge is -2.05. The fraction of sp³-hybridized carbons (Fsp3) is 0.176. The van der Waals surface area contributed by atoms with Crippen LogP contribution >= 0.6 is 11.3 Å². The second kappa shape index (κ2) is 7.18. The zero-order valence-corrected chi connectivity index (χ0v) is 14.2. The molecule has 122 valence electrons. The first-order chi connectivity index (χ1) is 11.6. The molecule has 0 unspecified atom stereocenters. The number of nitrogens with one attached hydrogen (secondary N) is 2. The number of para-hydroxylation sites is 1. The van der Waals surface area contributed by atoms with E-state index in [2.05, 4.69) is 32.7 Å². The van der Waals surface area contributed by atoms with Crippen molar-refractivity contribution in [2.45, 2.75) is 20.4 Å². The van der Waals surface area contributed by atoms with Gasteiger partial charge in [-0.3, -0.25) is 4.79 Å². The van der Waals surface area contributed by atoms with Gasteiger partial charge in [-0.2, -0.15) is 0 Å². The molecule has 0 aliphatic carbocycles. The third-order valence-corrected chi connectivity index (χ3v) is 4.50. The Labute approximate surface area is 144 Å². The second-order valence-electron chi connectivity index (χ2n) is 5.23. The zero-order valence-electron chi connectivity index (χ0n) is 13.4. The highest BCUT2D eigenvalue weighted by atomic mass is 32.1. The van der Waals surface area contributed by atoms with Crippen LogP contribution in [0.3, 0.4) is 0 Å². The predicted molar refractivity (Wildman–Crippen MR) is 95.3 cm³/mol. The Kier molecular flexibility index (Phi) is 4.81. The molecule has 3 rings (SSSR count). The molecule has 1 aromatic carbocycles. The van der Waals surface area contributed by atoms with Gasteiger partial charge in [0.15, 0.2) is 5.69 Å². The SMILES string of the molecule is Cc1nc(CNc2ccc(C(=O)Nc3ccccc3)nn2)sc1C. The molecule has 2 N–H and O–H groups in total. The highest BCUT2D eigenvalue weighted by Gasteiger charge is 2.09. The molecule has 0 spiro atoms. The van der Waals surface area contributed by atoms with Gasteiger partial charge in [0.25, 0.3) is 5.91 Å². The Balaban J connectivity index is 1.59. The van der Waals surface area contributed by atoms with Crippen LogP contribution in [0.2, 0.25) is 0 Å². The normalized spacial score (nSPS) is 10.4. The number of hydrogen-bond donors (Lipinski definition) is 2. The monoisotopic (exact) mass is 339 g/mol. The summed E-state index contributed by atoms with van der Waals surface area (Å²) in [4.78, 5) is 17.8. The summed E-state index contributed by atoms with van der Waals surface area (Å²) in [5.74, 6) is 0.322. The van der Waals surface area contributed by atoms with Crippen molar-refractivity contribution >= 4 is 28.7 Å². The van der Waals surface area contributed by atoms with Crippen LogP contribution in [0.4, 0.5) is 11.5 Å².